The molecule has 5 nitrogen and oxygen atoms in total. The number of rotatable bonds is 7. The van der Waals surface area contributed by atoms with Gasteiger partial charge in [-0.25, -0.2) is 0 Å². The van der Waals surface area contributed by atoms with Crippen molar-refractivity contribution in [3.8, 4) is 11.5 Å². The number of carbonyl (C=O) groups is 2. The Bertz CT molecular complexity index is 919. The molecule has 3 aromatic carbocycles. The maximum Gasteiger partial charge on any atom is 0.311 e. The van der Waals surface area contributed by atoms with Crippen LogP contribution in [0.4, 0.5) is 5.69 Å². The van der Waals surface area contributed by atoms with Crippen molar-refractivity contribution in [3.63, 3.8) is 0 Å². The molecule has 0 spiro atoms. The Balaban J connectivity index is 1.50. The van der Waals surface area contributed by atoms with E-state index in [1.54, 1.807) is 31.4 Å². The smallest absolute Gasteiger partial charge is 0.311 e. The van der Waals surface area contributed by atoms with Crippen molar-refractivity contribution in [1.82, 2.24) is 0 Å². The van der Waals surface area contributed by atoms with Crippen LogP contribution in [0, 0.1) is 0 Å². The van der Waals surface area contributed by atoms with Crippen molar-refractivity contribution in [3.05, 3.63) is 90.0 Å². The predicted molar refractivity (Wildman–Crippen MR) is 108 cm³/mol. The van der Waals surface area contributed by atoms with Crippen molar-refractivity contribution < 1.29 is 19.1 Å². The summed E-state index contributed by atoms with van der Waals surface area (Å²) >= 11 is 0. The number of amides is 1. The first-order valence-corrected chi connectivity index (χ1v) is 8.94. The quantitative estimate of drug-likeness (QED) is 0.488. The first-order chi connectivity index (χ1) is 13.6. The highest BCUT2D eigenvalue weighted by molar-refractivity contribution is 6.04. The first kappa shape index (κ1) is 19.2. The standard InChI is InChI=1S/C23H21NO4/c1-27-20-12-7-17(8-13-20)9-16-22(25)28-21-14-10-18(11-15-21)23(26)24-19-5-3-2-4-6-19/h2-8,10-15H,9,16H2,1H3,(H,24,26). The van der Waals surface area contributed by atoms with Gasteiger partial charge in [-0.3, -0.25) is 9.59 Å². The normalized spacial score (nSPS) is 10.2. The molecule has 3 aromatic rings. The van der Waals surface area contributed by atoms with E-state index >= 15 is 0 Å². The van der Waals surface area contributed by atoms with Gasteiger partial charge in [0.2, 0.25) is 0 Å². The molecule has 28 heavy (non-hydrogen) atoms. The van der Waals surface area contributed by atoms with E-state index in [1.165, 1.54) is 0 Å². The van der Waals surface area contributed by atoms with Gasteiger partial charge in [0.25, 0.3) is 5.91 Å². The van der Waals surface area contributed by atoms with E-state index in [1.807, 2.05) is 54.6 Å². The minimum Gasteiger partial charge on any atom is -0.497 e. The summed E-state index contributed by atoms with van der Waals surface area (Å²) < 4.78 is 10.5. The first-order valence-electron chi connectivity index (χ1n) is 8.94. The van der Waals surface area contributed by atoms with Crippen molar-refractivity contribution in [2.45, 2.75) is 12.8 Å². The second-order valence-corrected chi connectivity index (χ2v) is 6.17. The van der Waals surface area contributed by atoms with Gasteiger partial charge < -0.3 is 14.8 Å². The van der Waals surface area contributed by atoms with Gasteiger partial charge in [-0.05, 0) is 60.5 Å². The highest BCUT2D eigenvalue weighted by Crippen LogP contribution is 2.16. The monoisotopic (exact) mass is 375 g/mol. The Labute approximate surface area is 163 Å². The zero-order valence-corrected chi connectivity index (χ0v) is 15.6. The molecular weight excluding hydrogens is 354 g/mol. The van der Waals surface area contributed by atoms with E-state index in [0.717, 1.165) is 17.0 Å². The third-order valence-corrected chi connectivity index (χ3v) is 4.16. The van der Waals surface area contributed by atoms with Gasteiger partial charge in [-0.1, -0.05) is 30.3 Å². The number of aryl methyl sites for hydroxylation is 1. The average Bonchev–Trinajstić information content (AvgIpc) is 2.74. The molecule has 1 amide bonds. The Hall–Kier alpha value is -3.60. The zero-order chi connectivity index (χ0) is 19.8. The van der Waals surface area contributed by atoms with Gasteiger partial charge in [-0.15, -0.1) is 0 Å². The summed E-state index contributed by atoms with van der Waals surface area (Å²) in [5.74, 6) is 0.652. The average molecular weight is 375 g/mol. The Morgan fingerprint density at radius 1 is 0.821 bits per heavy atom. The van der Waals surface area contributed by atoms with Crippen LogP contribution in [0.2, 0.25) is 0 Å². The van der Waals surface area contributed by atoms with Crippen molar-refractivity contribution in [2.24, 2.45) is 0 Å². The topological polar surface area (TPSA) is 64.6 Å². The highest BCUT2D eigenvalue weighted by atomic mass is 16.5. The number of ether oxygens (including phenoxy) is 2. The summed E-state index contributed by atoms with van der Waals surface area (Å²) in [7, 11) is 1.61. The second kappa shape index (κ2) is 9.37. The third kappa shape index (κ3) is 5.45. The fourth-order valence-electron chi connectivity index (χ4n) is 2.62. The van der Waals surface area contributed by atoms with Crippen LogP contribution in [0.5, 0.6) is 11.5 Å². The molecule has 0 unspecified atom stereocenters. The van der Waals surface area contributed by atoms with Crippen LogP contribution < -0.4 is 14.8 Å². The summed E-state index contributed by atoms with van der Waals surface area (Å²) in [6.07, 6.45) is 0.850. The van der Waals surface area contributed by atoms with Gasteiger partial charge in [0.1, 0.15) is 11.5 Å². The molecule has 0 aliphatic heterocycles. The summed E-state index contributed by atoms with van der Waals surface area (Å²) in [4.78, 5) is 24.3. The fraction of sp³-hybridized carbons (Fsp3) is 0.130. The van der Waals surface area contributed by atoms with E-state index in [-0.39, 0.29) is 18.3 Å². The minimum atomic E-state index is -0.322. The number of carbonyl (C=O) groups excluding carboxylic acids is 2. The number of benzene rings is 3. The molecule has 0 aliphatic rings. The van der Waals surface area contributed by atoms with Gasteiger partial charge in [0.15, 0.2) is 0 Å². The molecule has 0 heterocycles. The third-order valence-electron chi connectivity index (χ3n) is 4.16. The van der Waals surface area contributed by atoms with Gasteiger partial charge in [0.05, 0.1) is 7.11 Å². The molecular formula is C23H21NO4. The van der Waals surface area contributed by atoms with Crippen molar-refractivity contribution in [2.75, 3.05) is 12.4 Å². The van der Waals surface area contributed by atoms with Crippen LogP contribution >= 0.6 is 0 Å². The number of para-hydroxylation sites is 1. The summed E-state index contributed by atoms with van der Waals surface area (Å²) in [5.41, 5.74) is 2.24. The number of anilines is 1. The molecule has 0 aromatic heterocycles. The SMILES string of the molecule is COc1ccc(CCC(=O)Oc2ccc(C(=O)Nc3ccccc3)cc2)cc1. The molecule has 1 N–H and O–H groups in total. The summed E-state index contributed by atoms with van der Waals surface area (Å²) in [6, 6.07) is 23.3. The van der Waals surface area contributed by atoms with Crippen LogP contribution in [-0.2, 0) is 11.2 Å². The Morgan fingerprint density at radius 3 is 2.11 bits per heavy atom. The van der Waals surface area contributed by atoms with Gasteiger partial charge in [-0.2, -0.15) is 0 Å². The van der Waals surface area contributed by atoms with E-state index in [9.17, 15) is 9.59 Å². The lowest BCUT2D eigenvalue weighted by atomic mass is 10.1. The molecule has 0 saturated carbocycles. The van der Waals surface area contributed by atoms with E-state index in [4.69, 9.17) is 9.47 Å². The molecule has 5 heteroatoms. The van der Waals surface area contributed by atoms with Gasteiger partial charge >= 0.3 is 5.97 Å². The van der Waals surface area contributed by atoms with E-state index in [2.05, 4.69) is 5.32 Å². The fourth-order valence-corrected chi connectivity index (χ4v) is 2.62. The maximum atomic E-state index is 12.2. The number of methoxy groups -OCH3 is 1. The lowest BCUT2D eigenvalue weighted by Crippen LogP contribution is -2.12. The zero-order valence-electron chi connectivity index (χ0n) is 15.6. The molecule has 3 rings (SSSR count). The molecule has 0 fully saturated rings. The van der Waals surface area contributed by atoms with Crippen LogP contribution in [-0.4, -0.2) is 19.0 Å². The van der Waals surface area contributed by atoms with Crippen LogP contribution in [0.15, 0.2) is 78.9 Å². The van der Waals surface area contributed by atoms with Crippen molar-refractivity contribution in [1.29, 1.82) is 0 Å². The lowest BCUT2D eigenvalue weighted by molar-refractivity contribution is -0.134. The van der Waals surface area contributed by atoms with Crippen LogP contribution in [0.3, 0.4) is 0 Å². The molecule has 0 atom stereocenters. The summed E-state index contributed by atoms with van der Waals surface area (Å²) in [6.45, 7) is 0. The Morgan fingerprint density at radius 2 is 1.46 bits per heavy atom. The highest BCUT2D eigenvalue weighted by Gasteiger charge is 2.09. The van der Waals surface area contributed by atoms with Gasteiger partial charge in [0, 0.05) is 17.7 Å². The predicted octanol–water partition coefficient (Wildman–Crippen LogP) is 4.49. The van der Waals surface area contributed by atoms with E-state index < -0.39 is 0 Å². The minimum absolute atomic E-state index is 0.219. The van der Waals surface area contributed by atoms with Crippen LogP contribution in [0.1, 0.15) is 22.3 Å². The molecule has 0 bridgehead atoms. The number of hydrogen-bond acceptors (Lipinski definition) is 4. The maximum absolute atomic E-state index is 12.2. The van der Waals surface area contributed by atoms with Crippen LogP contribution in [0.25, 0.3) is 0 Å². The molecule has 142 valence electrons. The number of esters is 1. The lowest BCUT2D eigenvalue weighted by Gasteiger charge is -2.07. The van der Waals surface area contributed by atoms with E-state index in [0.29, 0.717) is 17.7 Å². The summed E-state index contributed by atoms with van der Waals surface area (Å²) in [5, 5.41) is 2.81. The molecule has 0 saturated heterocycles. The second-order valence-electron chi connectivity index (χ2n) is 6.17. The molecule has 0 aliphatic carbocycles. The number of hydrogen-bond donors (Lipinski definition) is 1. The van der Waals surface area contributed by atoms with Crippen molar-refractivity contribution >= 4 is 17.6 Å². The number of nitrogens with one attached hydrogen (secondary N) is 1. The molecule has 0 radical (unpaired) electrons. The largest absolute Gasteiger partial charge is 0.497 e. The Kier molecular flexibility index (Phi) is 6.41.